The Kier molecular flexibility index (Phi) is 2.67. The van der Waals surface area contributed by atoms with Gasteiger partial charge in [0.25, 0.3) is 0 Å². The molecule has 0 radical (unpaired) electrons. The van der Waals surface area contributed by atoms with E-state index in [2.05, 4.69) is 24.5 Å². The highest BCUT2D eigenvalue weighted by Crippen LogP contribution is 2.21. The lowest BCUT2D eigenvalue weighted by Gasteiger charge is -2.38. The second-order valence-electron chi connectivity index (χ2n) is 4.80. The fourth-order valence-corrected chi connectivity index (χ4v) is 2.01. The maximum atomic E-state index is 9.22. The number of nitrogens with one attached hydrogen (secondary N) is 2. The first-order valence-electron chi connectivity index (χ1n) is 5.34. The van der Waals surface area contributed by atoms with Crippen molar-refractivity contribution in [1.82, 2.24) is 10.6 Å². The molecule has 0 amide bonds. The van der Waals surface area contributed by atoms with Crippen LogP contribution in [0.5, 0.6) is 5.75 Å². The quantitative estimate of drug-likeness (QED) is 0.651. The summed E-state index contributed by atoms with van der Waals surface area (Å²) in [5.41, 5.74) is 1.34. The Labute approximate surface area is 90.5 Å². The van der Waals surface area contributed by atoms with Gasteiger partial charge in [-0.3, -0.25) is 0 Å². The normalized spacial score (nSPS) is 25.1. The molecule has 1 fully saturated rings. The molecule has 3 N–H and O–H groups in total. The second kappa shape index (κ2) is 3.83. The molecule has 3 heteroatoms. The molecule has 0 bridgehead atoms. The highest BCUT2D eigenvalue weighted by Gasteiger charge is 2.27. The molecule has 0 saturated carbocycles. The molecule has 1 aliphatic heterocycles. The van der Waals surface area contributed by atoms with Gasteiger partial charge in [-0.25, -0.2) is 0 Å². The van der Waals surface area contributed by atoms with E-state index in [0.717, 1.165) is 13.1 Å². The van der Waals surface area contributed by atoms with Crippen LogP contribution in [0, 0.1) is 0 Å². The van der Waals surface area contributed by atoms with Crippen molar-refractivity contribution in [3.05, 3.63) is 29.8 Å². The van der Waals surface area contributed by atoms with E-state index in [1.807, 2.05) is 12.1 Å². The van der Waals surface area contributed by atoms with E-state index < -0.39 is 0 Å². The van der Waals surface area contributed by atoms with Crippen LogP contribution < -0.4 is 10.6 Å². The molecule has 1 aromatic rings. The third-order valence-corrected chi connectivity index (χ3v) is 2.78. The first-order chi connectivity index (χ1) is 7.07. The molecule has 0 spiro atoms. The molecule has 1 unspecified atom stereocenters. The largest absolute Gasteiger partial charge is 0.508 e. The van der Waals surface area contributed by atoms with E-state index in [1.54, 1.807) is 12.1 Å². The van der Waals surface area contributed by atoms with Crippen LogP contribution in [-0.2, 0) is 0 Å². The Hall–Kier alpha value is -1.06. The number of hydrogen-bond donors (Lipinski definition) is 3. The summed E-state index contributed by atoms with van der Waals surface area (Å²) in [4.78, 5) is 0. The number of rotatable bonds is 1. The van der Waals surface area contributed by atoms with Crippen molar-refractivity contribution in [2.45, 2.75) is 25.4 Å². The van der Waals surface area contributed by atoms with Gasteiger partial charge in [-0.2, -0.15) is 0 Å². The van der Waals surface area contributed by atoms with Crippen LogP contribution in [0.2, 0.25) is 0 Å². The molecule has 1 atom stereocenters. The van der Waals surface area contributed by atoms with Crippen molar-refractivity contribution in [3.8, 4) is 5.75 Å². The predicted octanol–water partition coefficient (Wildman–Crippen LogP) is 1.40. The summed E-state index contributed by atoms with van der Waals surface area (Å²) < 4.78 is 0. The molecular formula is C12H18N2O. The van der Waals surface area contributed by atoms with Gasteiger partial charge in [0.15, 0.2) is 0 Å². The van der Waals surface area contributed by atoms with Crippen molar-refractivity contribution in [1.29, 1.82) is 0 Å². The fraction of sp³-hybridized carbons (Fsp3) is 0.500. The Bertz CT molecular complexity index is 332. The summed E-state index contributed by atoms with van der Waals surface area (Å²) in [5.74, 6) is 0.321. The van der Waals surface area contributed by atoms with E-state index >= 15 is 0 Å². The molecule has 0 aliphatic carbocycles. The Morgan fingerprint density at radius 1 is 1.27 bits per heavy atom. The van der Waals surface area contributed by atoms with Crippen molar-refractivity contribution in [3.63, 3.8) is 0 Å². The smallest absolute Gasteiger partial charge is 0.115 e. The van der Waals surface area contributed by atoms with Crippen LogP contribution in [0.25, 0.3) is 0 Å². The van der Waals surface area contributed by atoms with Gasteiger partial charge in [-0.15, -0.1) is 0 Å². The van der Waals surface area contributed by atoms with Crippen LogP contribution in [0.1, 0.15) is 25.5 Å². The predicted molar refractivity (Wildman–Crippen MR) is 60.9 cm³/mol. The van der Waals surface area contributed by atoms with Crippen molar-refractivity contribution in [2.75, 3.05) is 13.1 Å². The summed E-state index contributed by atoms with van der Waals surface area (Å²) in [6, 6.07) is 7.73. The van der Waals surface area contributed by atoms with Gasteiger partial charge in [0.2, 0.25) is 0 Å². The maximum Gasteiger partial charge on any atom is 0.115 e. The summed E-state index contributed by atoms with van der Waals surface area (Å²) in [6.45, 7) is 6.30. The minimum atomic E-state index is 0.126. The van der Waals surface area contributed by atoms with Crippen LogP contribution in [0.15, 0.2) is 24.3 Å². The van der Waals surface area contributed by atoms with Crippen LogP contribution >= 0.6 is 0 Å². The zero-order valence-corrected chi connectivity index (χ0v) is 9.25. The lowest BCUT2D eigenvalue weighted by Crippen LogP contribution is -2.56. The SMILES string of the molecule is CC1(C)CNCC(c2ccc(O)cc2)N1. The third kappa shape index (κ3) is 2.49. The Morgan fingerprint density at radius 2 is 1.93 bits per heavy atom. The van der Waals surface area contributed by atoms with Crippen LogP contribution in [0.4, 0.5) is 0 Å². The number of hydrogen-bond acceptors (Lipinski definition) is 3. The van der Waals surface area contributed by atoms with E-state index in [4.69, 9.17) is 0 Å². The molecule has 1 heterocycles. The van der Waals surface area contributed by atoms with Gasteiger partial charge < -0.3 is 15.7 Å². The standard InChI is InChI=1S/C12H18N2O/c1-12(2)8-13-7-11(14-12)9-3-5-10(15)6-4-9/h3-6,11,13-15H,7-8H2,1-2H3. The third-order valence-electron chi connectivity index (χ3n) is 2.78. The monoisotopic (exact) mass is 206 g/mol. The molecule has 82 valence electrons. The number of phenols is 1. The van der Waals surface area contributed by atoms with E-state index in [1.165, 1.54) is 5.56 Å². The zero-order valence-electron chi connectivity index (χ0n) is 9.25. The topological polar surface area (TPSA) is 44.3 Å². The molecule has 2 rings (SSSR count). The van der Waals surface area contributed by atoms with Gasteiger partial charge in [-0.05, 0) is 31.5 Å². The first-order valence-corrected chi connectivity index (χ1v) is 5.34. The van der Waals surface area contributed by atoms with Gasteiger partial charge in [0, 0.05) is 24.7 Å². The van der Waals surface area contributed by atoms with Gasteiger partial charge >= 0.3 is 0 Å². The molecule has 0 aromatic heterocycles. The Morgan fingerprint density at radius 3 is 2.53 bits per heavy atom. The first kappa shape index (κ1) is 10.5. The van der Waals surface area contributed by atoms with Crippen molar-refractivity contribution < 1.29 is 5.11 Å². The van der Waals surface area contributed by atoms with E-state index in [9.17, 15) is 5.11 Å². The lowest BCUT2D eigenvalue weighted by molar-refractivity contribution is 0.264. The van der Waals surface area contributed by atoms with Gasteiger partial charge in [0.05, 0.1) is 0 Å². The number of aromatic hydroxyl groups is 1. The average Bonchev–Trinajstić information content (AvgIpc) is 2.17. The number of phenolic OH excluding ortho intramolecular Hbond substituents is 1. The van der Waals surface area contributed by atoms with Gasteiger partial charge in [-0.1, -0.05) is 12.1 Å². The highest BCUT2D eigenvalue weighted by molar-refractivity contribution is 5.28. The van der Waals surface area contributed by atoms with Crippen molar-refractivity contribution >= 4 is 0 Å². The lowest BCUT2D eigenvalue weighted by atomic mass is 9.96. The van der Waals surface area contributed by atoms with E-state index in [-0.39, 0.29) is 5.54 Å². The molecule has 3 nitrogen and oxygen atoms in total. The molecule has 1 aromatic carbocycles. The minimum Gasteiger partial charge on any atom is -0.508 e. The van der Waals surface area contributed by atoms with Crippen LogP contribution in [-0.4, -0.2) is 23.7 Å². The summed E-state index contributed by atoms with van der Waals surface area (Å²) >= 11 is 0. The summed E-state index contributed by atoms with van der Waals surface area (Å²) in [5, 5.41) is 16.2. The molecule has 15 heavy (non-hydrogen) atoms. The van der Waals surface area contributed by atoms with Gasteiger partial charge in [0.1, 0.15) is 5.75 Å². The van der Waals surface area contributed by atoms with E-state index in [0.29, 0.717) is 11.8 Å². The number of piperazine rings is 1. The molecule has 1 saturated heterocycles. The second-order valence-corrected chi connectivity index (χ2v) is 4.80. The number of benzene rings is 1. The highest BCUT2D eigenvalue weighted by atomic mass is 16.3. The van der Waals surface area contributed by atoms with Crippen LogP contribution in [0.3, 0.4) is 0 Å². The Balaban J connectivity index is 2.13. The zero-order chi connectivity index (χ0) is 10.9. The maximum absolute atomic E-state index is 9.22. The summed E-state index contributed by atoms with van der Waals surface area (Å²) in [6.07, 6.45) is 0. The molecule has 1 aliphatic rings. The molecular weight excluding hydrogens is 188 g/mol. The minimum absolute atomic E-state index is 0.126. The fourth-order valence-electron chi connectivity index (χ4n) is 2.01. The average molecular weight is 206 g/mol. The summed E-state index contributed by atoms with van der Waals surface area (Å²) in [7, 11) is 0. The van der Waals surface area contributed by atoms with Crippen molar-refractivity contribution in [2.24, 2.45) is 0 Å².